The Kier molecular flexibility index (Phi) is 6.12. The van der Waals surface area contributed by atoms with Crippen molar-refractivity contribution >= 4 is 11.9 Å². The van der Waals surface area contributed by atoms with Gasteiger partial charge in [0.25, 0.3) is 5.91 Å². The minimum Gasteiger partial charge on any atom is -0.481 e. The first kappa shape index (κ1) is 17.4. The molecule has 1 fully saturated rings. The molecular weight excluding hydrogens is 298 g/mol. The topological polar surface area (TPSA) is 76.1 Å². The molecule has 0 radical (unpaired) electrons. The van der Waals surface area contributed by atoms with Gasteiger partial charge in [0.15, 0.2) is 6.10 Å². The van der Waals surface area contributed by atoms with Crippen LogP contribution in [-0.4, -0.2) is 54.3 Å². The number of benzene rings is 1. The number of rotatable bonds is 7. The Bertz CT molecular complexity index is 533. The van der Waals surface area contributed by atoms with Crippen LogP contribution in [0.2, 0.25) is 0 Å². The molecule has 2 rings (SSSR count). The first-order valence-electron chi connectivity index (χ1n) is 7.78. The van der Waals surface area contributed by atoms with E-state index in [0.717, 1.165) is 5.56 Å². The van der Waals surface area contributed by atoms with E-state index in [1.54, 1.807) is 12.0 Å². The van der Waals surface area contributed by atoms with Crippen LogP contribution in [0.3, 0.4) is 0 Å². The largest absolute Gasteiger partial charge is 0.481 e. The molecule has 1 aliphatic heterocycles. The number of ether oxygens (including phenoxy) is 2. The van der Waals surface area contributed by atoms with E-state index in [4.69, 9.17) is 14.6 Å². The number of carboxylic acids is 1. The highest BCUT2D eigenvalue weighted by Gasteiger charge is 2.39. The van der Waals surface area contributed by atoms with Crippen molar-refractivity contribution in [2.45, 2.75) is 38.0 Å². The smallest absolute Gasteiger partial charge is 0.305 e. The van der Waals surface area contributed by atoms with Gasteiger partial charge in [0.2, 0.25) is 0 Å². The van der Waals surface area contributed by atoms with Crippen molar-refractivity contribution in [3.8, 4) is 0 Å². The zero-order valence-electron chi connectivity index (χ0n) is 13.5. The van der Waals surface area contributed by atoms with E-state index in [1.807, 2.05) is 37.3 Å². The van der Waals surface area contributed by atoms with Gasteiger partial charge in [0, 0.05) is 26.3 Å². The van der Waals surface area contributed by atoms with Crippen LogP contribution in [0, 0.1) is 0 Å². The SMILES string of the molecule is CCOC(C(=O)N1CC(OC)CC1CC(=O)O)c1ccccc1. The maximum absolute atomic E-state index is 12.9. The summed E-state index contributed by atoms with van der Waals surface area (Å²) in [5.74, 6) is -1.12. The van der Waals surface area contributed by atoms with Crippen LogP contribution in [0.15, 0.2) is 30.3 Å². The summed E-state index contributed by atoms with van der Waals surface area (Å²) in [5, 5.41) is 9.08. The summed E-state index contributed by atoms with van der Waals surface area (Å²) in [6.45, 7) is 2.63. The molecule has 0 aliphatic carbocycles. The van der Waals surface area contributed by atoms with E-state index in [1.165, 1.54) is 0 Å². The highest BCUT2D eigenvalue weighted by Crippen LogP contribution is 2.28. The normalized spacial score (nSPS) is 22.1. The van der Waals surface area contributed by atoms with Crippen LogP contribution in [0.5, 0.6) is 0 Å². The summed E-state index contributed by atoms with van der Waals surface area (Å²) in [6, 6.07) is 8.90. The molecule has 0 saturated carbocycles. The number of carboxylic acid groups (broad SMARTS) is 1. The molecule has 1 aromatic carbocycles. The fourth-order valence-corrected chi connectivity index (χ4v) is 2.96. The third kappa shape index (κ3) is 4.30. The number of carbonyl (C=O) groups is 2. The number of aliphatic carboxylic acids is 1. The van der Waals surface area contributed by atoms with E-state index >= 15 is 0 Å². The van der Waals surface area contributed by atoms with Crippen molar-refractivity contribution in [2.75, 3.05) is 20.3 Å². The minimum absolute atomic E-state index is 0.0841. The van der Waals surface area contributed by atoms with Crippen molar-refractivity contribution < 1.29 is 24.2 Å². The Morgan fingerprint density at radius 1 is 1.35 bits per heavy atom. The van der Waals surface area contributed by atoms with E-state index < -0.39 is 12.1 Å². The van der Waals surface area contributed by atoms with Gasteiger partial charge in [-0.2, -0.15) is 0 Å². The lowest BCUT2D eigenvalue weighted by Gasteiger charge is -2.28. The second kappa shape index (κ2) is 8.08. The van der Waals surface area contributed by atoms with Gasteiger partial charge in [-0.3, -0.25) is 9.59 Å². The number of methoxy groups -OCH3 is 1. The summed E-state index contributed by atoms with van der Waals surface area (Å²) in [6.07, 6.45) is -0.407. The average Bonchev–Trinajstić information content (AvgIpc) is 2.95. The standard InChI is InChI=1S/C17H23NO5/c1-3-23-16(12-7-5-4-6-8-12)17(21)18-11-14(22-2)9-13(18)10-15(19)20/h4-8,13-14,16H,3,9-11H2,1-2H3,(H,19,20). The third-order valence-corrected chi connectivity index (χ3v) is 4.06. The Labute approximate surface area is 136 Å². The predicted octanol–water partition coefficient (Wildman–Crippen LogP) is 1.85. The molecular formula is C17H23NO5. The number of hydrogen-bond donors (Lipinski definition) is 1. The molecule has 3 unspecified atom stereocenters. The van der Waals surface area contributed by atoms with Crippen LogP contribution in [0.25, 0.3) is 0 Å². The van der Waals surface area contributed by atoms with E-state index in [9.17, 15) is 9.59 Å². The van der Waals surface area contributed by atoms with Crippen molar-refractivity contribution in [1.29, 1.82) is 0 Å². The van der Waals surface area contributed by atoms with Gasteiger partial charge in [-0.05, 0) is 18.9 Å². The first-order chi connectivity index (χ1) is 11.1. The van der Waals surface area contributed by atoms with Crippen molar-refractivity contribution in [2.24, 2.45) is 0 Å². The summed E-state index contributed by atoms with van der Waals surface area (Å²) < 4.78 is 11.0. The Morgan fingerprint density at radius 3 is 2.61 bits per heavy atom. The molecule has 6 heteroatoms. The molecule has 0 bridgehead atoms. The Hall–Kier alpha value is -1.92. The molecule has 126 valence electrons. The Balaban J connectivity index is 2.21. The molecule has 1 amide bonds. The molecule has 1 heterocycles. The maximum Gasteiger partial charge on any atom is 0.305 e. The molecule has 1 aliphatic rings. The van der Waals surface area contributed by atoms with Crippen molar-refractivity contribution in [3.05, 3.63) is 35.9 Å². The number of hydrogen-bond acceptors (Lipinski definition) is 4. The van der Waals surface area contributed by atoms with Crippen LogP contribution in [-0.2, 0) is 19.1 Å². The van der Waals surface area contributed by atoms with Crippen LogP contribution >= 0.6 is 0 Å². The third-order valence-electron chi connectivity index (χ3n) is 4.06. The van der Waals surface area contributed by atoms with Gasteiger partial charge in [-0.15, -0.1) is 0 Å². The number of likely N-dealkylation sites (tertiary alicyclic amines) is 1. The Morgan fingerprint density at radius 2 is 2.04 bits per heavy atom. The lowest BCUT2D eigenvalue weighted by Crippen LogP contribution is -2.41. The summed E-state index contributed by atoms with van der Waals surface area (Å²) >= 11 is 0. The maximum atomic E-state index is 12.9. The highest BCUT2D eigenvalue weighted by molar-refractivity contribution is 5.83. The minimum atomic E-state index is -0.919. The van der Waals surface area contributed by atoms with Gasteiger partial charge in [0.1, 0.15) is 0 Å². The summed E-state index contributed by atoms with van der Waals surface area (Å²) in [7, 11) is 1.58. The zero-order valence-corrected chi connectivity index (χ0v) is 13.5. The second-order valence-corrected chi connectivity index (χ2v) is 5.58. The highest BCUT2D eigenvalue weighted by atomic mass is 16.5. The van der Waals surface area contributed by atoms with Crippen LogP contribution < -0.4 is 0 Å². The van der Waals surface area contributed by atoms with Crippen LogP contribution in [0.1, 0.15) is 31.4 Å². The number of nitrogens with zero attached hydrogens (tertiary/aromatic N) is 1. The molecule has 23 heavy (non-hydrogen) atoms. The lowest BCUT2D eigenvalue weighted by molar-refractivity contribution is -0.147. The lowest BCUT2D eigenvalue weighted by atomic mass is 10.1. The van der Waals surface area contributed by atoms with Crippen molar-refractivity contribution in [3.63, 3.8) is 0 Å². The average molecular weight is 321 g/mol. The quantitative estimate of drug-likeness (QED) is 0.829. The molecule has 1 saturated heterocycles. The monoisotopic (exact) mass is 321 g/mol. The predicted molar refractivity (Wildman–Crippen MR) is 84.0 cm³/mol. The van der Waals surface area contributed by atoms with E-state index in [-0.39, 0.29) is 24.5 Å². The summed E-state index contributed by atoms with van der Waals surface area (Å²) in [4.78, 5) is 25.6. The van der Waals surface area contributed by atoms with Crippen molar-refractivity contribution in [1.82, 2.24) is 4.90 Å². The fourth-order valence-electron chi connectivity index (χ4n) is 2.96. The van der Waals surface area contributed by atoms with Gasteiger partial charge >= 0.3 is 5.97 Å². The molecule has 6 nitrogen and oxygen atoms in total. The van der Waals surface area contributed by atoms with Gasteiger partial charge in [0.05, 0.1) is 12.5 Å². The van der Waals surface area contributed by atoms with E-state index in [0.29, 0.717) is 19.6 Å². The van der Waals surface area contributed by atoms with Gasteiger partial charge < -0.3 is 19.5 Å². The van der Waals surface area contributed by atoms with Gasteiger partial charge in [-0.1, -0.05) is 30.3 Å². The first-order valence-corrected chi connectivity index (χ1v) is 7.78. The fraction of sp³-hybridized carbons (Fsp3) is 0.529. The molecule has 1 N–H and O–H groups in total. The number of carbonyl (C=O) groups excluding carboxylic acids is 1. The van der Waals surface area contributed by atoms with Crippen LogP contribution in [0.4, 0.5) is 0 Å². The van der Waals surface area contributed by atoms with E-state index in [2.05, 4.69) is 0 Å². The second-order valence-electron chi connectivity index (χ2n) is 5.58. The molecule has 0 spiro atoms. The molecule has 0 aromatic heterocycles. The summed E-state index contributed by atoms with van der Waals surface area (Å²) in [5.41, 5.74) is 0.772. The number of amides is 1. The molecule has 1 aromatic rings. The zero-order chi connectivity index (χ0) is 16.8. The van der Waals surface area contributed by atoms with Gasteiger partial charge in [-0.25, -0.2) is 0 Å². The molecule has 3 atom stereocenters.